The third kappa shape index (κ3) is 18.7. The Morgan fingerprint density at radius 2 is 1.00 bits per heavy atom. The predicted octanol–water partition coefficient (Wildman–Crippen LogP) is 2.36. The molecule has 0 aliphatic heterocycles. The van der Waals surface area contributed by atoms with Gasteiger partial charge in [0.1, 0.15) is 13.2 Å². The Morgan fingerprint density at radius 1 is 0.605 bits per heavy atom. The van der Waals surface area contributed by atoms with Crippen molar-refractivity contribution in [2.75, 3.05) is 77.6 Å². The number of rotatable bonds is 22. The lowest BCUT2D eigenvalue weighted by molar-refractivity contribution is 0.0334. The fourth-order valence-corrected chi connectivity index (χ4v) is 3.92. The Morgan fingerprint density at radius 3 is 1.42 bits per heavy atom. The SMILES string of the molecule is CC(C)(C)c1ccc(OCCOCCOCCCS(=O)(=O)O)c(OCCOCCOCCCS(=O)(=O)O)c1. The molecule has 1 aromatic carbocycles. The van der Waals surface area contributed by atoms with E-state index < -0.39 is 20.2 Å². The lowest BCUT2D eigenvalue weighted by Crippen LogP contribution is -2.15. The second kappa shape index (κ2) is 17.9. The lowest BCUT2D eigenvalue weighted by atomic mass is 9.87. The standard InChI is InChI=1S/C24H42O12S2/c1-24(2,3)21-6-7-22(35-16-14-33-12-10-31-8-4-18-37(25,26)27)23(20-21)36-17-15-34-13-11-32-9-5-19-38(28,29)30/h6-7,20H,4-5,8-19H2,1-3H3,(H,25,26,27)(H,28,29,30). The summed E-state index contributed by atoms with van der Waals surface area (Å²) in [5.74, 6) is 0.500. The molecule has 12 nitrogen and oxygen atoms in total. The van der Waals surface area contributed by atoms with Gasteiger partial charge in [-0.2, -0.15) is 16.8 Å². The van der Waals surface area contributed by atoms with E-state index in [4.69, 9.17) is 37.5 Å². The van der Waals surface area contributed by atoms with Crippen LogP contribution in [0.3, 0.4) is 0 Å². The minimum absolute atomic E-state index is 0.0791. The first kappa shape index (κ1) is 34.5. The zero-order valence-electron chi connectivity index (χ0n) is 22.4. The van der Waals surface area contributed by atoms with Crippen LogP contribution in [0.25, 0.3) is 0 Å². The van der Waals surface area contributed by atoms with Crippen molar-refractivity contribution in [3.05, 3.63) is 23.8 Å². The summed E-state index contributed by atoms with van der Waals surface area (Å²) in [5.41, 5.74) is 1.01. The van der Waals surface area contributed by atoms with Gasteiger partial charge in [0.25, 0.3) is 20.2 Å². The molecule has 0 aliphatic rings. The summed E-state index contributed by atoms with van der Waals surface area (Å²) >= 11 is 0. The molecule has 0 atom stereocenters. The molecule has 0 aromatic heterocycles. The third-order valence-electron chi connectivity index (χ3n) is 4.91. The lowest BCUT2D eigenvalue weighted by Gasteiger charge is -2.21. The van der Waals surface area contributed by atoms with Crippen molar-refractivity contribution in [3.63, 3.8) is 0 Å². The summed E-state index contributed by atoms with van der Waals surface area (Å²) in [6.07, 6.45) is 0.432. The molecular weight excluding hydrogens is 544 g/mol. The van der Waals surface area contributed by atoms with Crippen molar-refractivity contribution in [3.8, 4) is 11.5 Å². The first-order valence-electron chi connectivity index (χ1n) is 12.4. The molecule has 2 N–H and O–H groups in total. The van der Waals surface area contributed by atoms with E-state index in [2.05, 4.69) is 20.8 Å². The first-order valence-corrected chi connectivity index (χ1v) is 15.6. The van der Waals surface area contributed by atoms with Gasteiger partial charge in [0.05, 0.1) is 51.1 Å². The molecule has 38 heavy (non-hydrogen) atoms. The van der Waals surface area contributed by atoms with Gasteiger partial charge in [0.15, 0.2) is 11.5 Å². The topological polar surface area (TPSA) is 164 Å². The van der Waals surface area contributed by atoms with Crippen molar-refractivity contribution in [2.24, 2.45) is 0 Å². The van der Waals surface area contributed by atoms with E-state index in [1.54, 1.807) is 0 Å². The molecule has 0 unspecified atom stereocenters. The van der Waals surface area contributed by atoms with E-state index in [0.29, 0.717) is 57.7 Å². The number of hydrogen-bond donors (Lipinski definition) is 2. The average Bonchev–Trinajstić information content (AvgIpc) is 2.80. The van der Waals surface area contributed by atoms with Crippen molar-refractivity contribution in [2.45, 2.75) is 39.0 Å². The molecule has 0 bridgehead atoms. The van der Waals surface area contributed by atoms with Crippen molar-refractivity contribution >= 4 is 20.2 Å². The van der Waals surface area contributed by atoms with Gasteiger partial charge in [0.2, 0.25) is 0 Å². The van der Waals surface area contributed by atoms with Crippen LogP contribution in [-0.4, -0.2) is 104 Å². The summed E-state index contributed by atoms with van der Waals surface area (Å²) in [5, 5.41) is 0. The highest BCUT2D eigenvalue weighted by Crippen LogP contribution is 2.33. The Hall–Kier alpha value is -1.52. The molecule has 0 heterocycles. The van der Waals surface area contributed by atoms with Crippen LogP contribution in [0.5, 0.6) is 11.5 Å². The molecule has 222 valence electrons. The maximum Gasteiger partial charge on any atom is 0.264 e. The van der Waals surface area contributed by atoms with Crippen LogP contribution in [0.15, 0.2) is 18.2 Å². The van der Waals surface area contributed by atoms with E-state index in [1.165, 1.54) is 0 Å². The van der Waals surface area contributed by atoms with Gasteiger partial charge in [-0.05, 0) is 36.0 Å². The van der Waals surface area contributed by atoms with Gasteiger partial charge in [-0.15, -0.1) is 0 Å². The zero-order chi connectivity index (χ0) is 28.5. The molecule has 0 amide bonds. The van der Waals surface area contributed by atoms with Crippen LogP contribution in [-0.2, 0) is 44.6 Å². The zero-order valence-corrected chi connectivity index (χ0v) is 24.1. The highest BCUT2D eigenvalue weighted by molar-refractivity contribution is 7.86. The van der Waals surface area contributed by atoms with Gasteiger partial charge < -0.3 is 28.4 Å². The Kier molecular flexibility index (Phi) is 16.3. The van der Waals surface area contributed by atoms with Gasteiger partial charge in [-0.25, -0.2) is 0 Å². The summed E-state index contributed by atoms with van der Waals surface area (Å²) in [7, 11) is -7.92. The first-order chi connectivity index (χ1) is 17.8. The minimum atomic E-state index is -3.96. The molecule has 0 aliphatic carbocycles. The highest BCUT2D eigenvalue weighted by Gasteiger charge is 2.17. The summed E-state index contributed by atoms with van der Waals surface area (Å²) in [6.45, 7) is 9.21. The quantitative estimate of drug-likeness (QED) is 0.151. The number of ether oxygens (including phenoxy) is 6. The van der Waals surface area contributed by atoms with Crippen LogP contribution < -0.4 is 9.47 Å². The van der Waals surface area contributed by atoms with E-state index in [1.807, 2.05) is 18.2 Å². The maximum absolute atomic E-state index is 10.6. The molecule has 14 heteroatoms. The summed E-state index contributed by atoms with van der Waals surface area (Å²) in [6, 6.07) is 5.78. The maximum atomic E-state index is 10.6. The molecular formula is C24H42O12S2. The number of hydrogen-bond acceptors (Lipinski definition) is 10. The molecule has 0 saturated carbocycles. The molecule has 1 rings (SSSR count). The molecule has 0 fully saturated rings. The van der Waals surface area contributed by atoms with E-state index in [0.717, 1.165) is 5.56 Å². The molecule has 1 aromatic rings. The largest absolute Gasteiger partial charge is 0.487 e. The second-order valence-corrected chi connectivity index (χ2v) is 12.5. The summed E-state index contributed by atoms with van der Waals surface area (Å²) in [4.78, 5) is 0. The van der Waals surface area contributed by atoms with Gasteiger partial charge in [0, 0.05) is 13.2 Å². The molecule has 0 radical (unpaired) electrons. The van der Waals surface area contributed by atoms with E-state index >= 15 is 0 Å². The van der Waals surface area contributed by atoms with E-state index in [-0.39, 0.29) is 49.6 Å². The Labute approximate surface area is 226 Å². The van der Waals surface area contributed by atoms with Gasteiger partial charge in [-0.3, -0.25) is 9.11 Å². The molecule has 0 saturated heterocycles. The van der Waals surface area contributed by atoms with Crippen LogP contribution in [0.1, 0.15) is 39.2 Å². The van der Waals surface area contributed by atoms with Crippen LogP contribution in [0.2, 0.25) is 0 Å². The van der Waals surface area contributed by atoms with Crippen molar-refractivity contribution < 1.29 is 54.4 Å². The smallest absolute Gasteiger partial charge is 0.264 e. The van der Waals surface area contributed by atoms with Crippen molar-refractivity contribution in [1.29, 1.82) is 0 Å². The third-order valence-corrected chi connectivity index (χ3v) is 6.52. The monoisotopic (exact) mass is 586 g/mol. The normalized spacial score (nSPS) is 12.6. The number of benzene rings is 1. The van der Waals surface area contributed by atoms with Crippen molar-refractivity contribution in [1.82, 2.24) is 0 Å². The Balaban J connectivity index is 2.32. The second-order valence-electron chi connectivity index (χ2n) is 9.34. The van der Waals surface area contributed by atoms with Crippen LogP contribution in [0.4, 0.5) is 0 Å². The minimum Gasteiger partial charge on any atom is -0.487 e. The van der Waals surface area contributed by atoms with E-state index in [9.17, 15) is 16.8 Å². The fourth-order valence-electron chi connectivity index (χ4n) is 2.96. The Bertz CT molecular complexity index is 988. The predicted molar refractivity (Wildman–Crippen MR) is 141 cm³/mol. The molecule has 0 spiro atoms. The van der Waals surface area contributed by atoms with Gasteiger partial charge >= 0.3 is 0 Å². The average molecular weight is 587 g/mol. The van der Waals surface area contributed by atoms with Gasteiger partial charge in [-0.1, -0.05) is 26.8 Å². The summed E-state index contributed by atoms with van der Waals surface area (Å²) < 4.78 is 93.1. The highest BCUT2D eigenvalue weighted by atomic mass is 32.2. The fraction of sp³-hybridized carbons (Fsp3) is 0.750. The van der Waals surface area contributed by atoms with Crippen LogP contribution >= 0.6 is 0 Å². The van der Waals surface area contributed by atoms with Crippen LogP contribution in [0, 0.1) is 0 Å².